The molecule has 1 aromatic carbocycles. The first-order valence-corrected chi connectivity index (χ1v) is 12.4. The number of halogens is 1. The van der Waals surface area contributed by atoms with E-state index < -0.39 is 10.0 Å². The largest absolute Gasteiger partial charge is 0.379 e. The third-order valence-corrected chi connectivity index (χ3v) is 8.07. The summed E-state index contributed by atoms with van der Waals surface area (Å²) in [5, 5.41) is 1.76. The number of pyridine rings is 2. The van der Waals surface area contributed by atoms with Gasteiger partial charge < -0.3 is 14.5 Å². The Hall–Kier alpha value is -2.46. The van der Waals surface area contributed by atoms with Crippen LogP contribution in [0.25, 0.3) is 10.9 Å². The average molecular weight is 474 g/mol. The smallest absolute Gasteiger partial charge is 0.244 e. The van der Waals surface area contributed by atoms with Crippen molar-refractivity contribution < 1.29 is 13.2 Å². The van der Waals surface area contributed by atoms with Crippen LogP contribution in [0.15, 0.2) is 53.7 Å². The van der Waals surface area contributed by atoms with Gasteiger partial charge in [0.05, 0.1) is 18.7 Å². The molecule has 0 unspecified atom stereocenters. The van der Waals surface area contributed by atoms with Gasteiger partial charge in [0.1, 0.15) is 10.7 Å². The molecule has 0 bridgehead atoms. The van der Waals surface area contributed by atoms with Crippen molar-refractivity contribution in [2.45, 2.75) is 4.90 Å². The fraction of sp³-hybridized carbons (Fsp3) is 0.364. The monoisotopic (exact) mass is 473 g/mol. The maximum absolute atomic E-state index is 12.8. The lowest BCUT2D eigenvalue weighted by Crippen LogP contribution is -2.47. The van der Waals surface area contributed by atoms with Crippen molar-refractivity contribution in [2.75, 3.05) is 62.3 Å². The third kappa shape index (κ3) is 4.13. The minimum atomic E-state index is -3.53. The Kier molecular flexibility index (Phi) is 5.90. The SMILES string of the molecule is O=S(=O)(c1ccc(N2CCN(c3ccnc4cc(Cl)ccc34)CC2)nc1)N1CCOCC1. The van der Waals surface area contributed by atoms with Gasteiger partial charge in [0, 0.05) is 67.8 Å². The average Bonchev–Trinajstić information content (AvgIpc) is 2.84. The van der Waals surface area contributed by atoms with Gasteiger partial charge in [-0.25, -0.2) is 13.4 Å². The van der Waals surface area contributed by atoms with Crippen molar-refractivity contribution in [1.29, 1.82) is 0 Å². The molecule has 0 aliphatic carbocycles. The van der Waals surface area contributed by atoms with Crippen LogP contribution in [0.1, 0.15) is 0 Å². The first kappa shape index (κ1) is 21.4. The molecule has 32 heavy (non-hydrogen) atoms. The molecule has 0 radical (unpaired) electrons. The van der Waals surface area contributed by atoms with Gasteiger partial charge in [0.15, 0.2) is 0 Å². The highest BCUT2D eigenvalue weighted by Gasteiger charge is 2.27. The molecule has 2 fully saturated rings. The number of fused-ring (bicyclic) bond motifs is 1. The van der Waals surface area contributed by atoms with Crippen LogP contribution in [0.5, 0.6) is 0 Å². The molecule has 168 valence electrons. The lowest BCUT2D eigenvalue weighted by atomic mass is 10.1. The molecule has 2 saturated heterocycles. The zero-order valence-corrected chi connectivity index (χ0v) is 19.1. The highest BCUT2D eigenvalue weighted by Crippen LogP contribution is 2.29. The summed E-state index contributed by atoms with van der Waals surface area (Å²) in [6.45, 7) is 4.85. The highest BCUT2D eigenvalue weighted by molar-refractivity contribution is 7.89. The minimum absolute atomic E-state index is 0.226. The molecule has 2 aliphatic heterocycles. The second-order valence-electron chi connectivity index (χ2n) is 7.83. The second-order valence-corrected chi connectivity index (χ2v) is 10.2. The Morgan fingerprint density at radius 2 is 1.62 bits per heavy atom. The molecular weight excluding hydrogens is 450 g/mol. The van der Waals surface area contributed by atoms with Crippen LogP contribution < -0.4 is 9.80 Å². The molecule has 8 nitrogen and oxygen atoms in total. The van der Waals surface area contributed by atoms with Crippen molar-refractivity contribution in [2.24, 2.45) is 0 Å². The third-order valence-electron chi connectivity index (χ3n) is 5.95. The Labute approximate surface area is 192 Å². The summed E-state index contributed by atoms with van der Waals surface area (Å²) in [7, 11) is -3.53. The molecule has 2 aliphatic rings. The zero-order valence-electron chi connectivity index (χ0n) is 17.5. The van der Waals surface area contributed by atoms with Crippen LogP contribution in [-0.4, -0.2) is 75.2 Å². The van der Waals surface area contributed by atoms with Gasteiger partial charge in [0.25, 0.3) is 0 Å². The van der Waals surface area contributed by atoms with Crippen LogP contribution in [0.3, 0.4) is 0 Å². The fourth-order valence-electron chi connectivity index (χ4n) is 4.21. The molecular formula is C22H24ClN5O3S. The Bertz CT molecular complexity index is 1210. The lowest BCUT2D eigenvalue weighted by molar-refractivity contribution is 0.0730. The maximum Gasteiger partial charge on any atom is 0.244 e. The van der Waals surface area contributed by atoms with Crippen molar-refractivity contribution in [3.05, 3.63) is 53.8 Å². The molecule has 3 aromatic rings. The van der Waals surface area contributed by atoms with E-state index in [1.54, 1.807) is 12.1 Å². The molecule has 0 saturated carbocycles. The summed E-state index contributed by atoms with van der Waals surface area (Å²) >= 11 is 6.11. The number of benzene rings is 1. The quantitative estimate of drug-likeness (QED) is 0.576. The zero-order chi connectivity index (χ0) is 22.1. The van der Waals surface area contributed by atoms with E-state index in [2.05, 4.69) is 19.8 Å². The summed E-state index contributed by atoms with van der Waals surface area (Å²) < 4.78 is 32.3. The van der Waals surface area contributed by atoms with Gasteiger partial charge >= 0.3 is 0 Å². The van der Waals surface area contributed by atoms with Gasteiger partial charge in [-0.05, 0) is 36.4 Å². The molecule has 2 aromatic heterocycles. The standard InChI is InChI=1S/C22H24ClN5O3S/c23-17-1-3-19-20(15-17)24-6-5-21(19)26-7-9-27(10-8-26)22-4-2-18(16-25-22)32(29,30)28-11-13-31-14-12-28/h1-6,15-16H,7-14H2. The van der Waals surface area contributed by atoms with Gasteiger partial charge in [-0.15, -0.1) is 0 Å². The Balaban J connectivity index is 1.28. The minimum Gasteiger partial charge on any atom is -0.379 e. The number of sulfonamides is 1. The van der Waals surface area contributed by atoms with Crippen molar-refractivity contribution in [3.63, 3.8) is 0 Å². The summed E-state index contributed by atoms with van der Waals surface area (Å²) in [5.41, 5.74) is 2.03. The molecule has 5 rings (SSSR count). The van der Waals surface area contributed by atoms with Crippen LogP contribution in [0, 0.1) is 0 Å². The van der Waals surface area contributed by atoms with Crippen LogP contribution in [-0.2, 0) is 14.8 Å². The molecule has 0 N–H and O–H groups in total. The van der Waals surface area contributed by atoms with E-state index in [-0.39, 0.29) is 4.90 Å². The number of ether oxygens (including phenoxy) is 1. The fourth-order valence-corrected chi connectivity index (χ4v) is 5.73. The molecule has 0 amide bonds. The van der Waals surface area contributed by atoms with Crippen molar-refractivity contribution >= 4 is 44.0 Å². The van der Waals surface area contributed by atoms with Crippen molar-refractivity contribution in [3.8, 4) is 0 Å². The summed E-state index contributed by atoms with van der Waals surface area (Å²) in [6.07, 6.45) is 3.28. The summed E-state index contributed by atoms with van der Waals surface area (Å²) in [5.74, 6) is 0.789. The number of anilines is 2. The number of nitrogens with zero attached hydrogens (tertiary/aromatic N) is 5. The Morgan fingerprint density at radius 3 is 2.34 bits per heavy atom. The van der Waals surface area contributed by atoms with E-state index in [4.69, 9.17) is 16.3 Å². The first-order valence-electron chi connectivity index (χ1n) is 10.6. The number of piperazine rings is 1. The maximum atomic E-state index is 12.8. The number of hydrogen-bond donors (Lipinski definition) is 0. The number of aromatic nitrogens is 2. The molecule has 10 heteroatoms. The van der Waals surface area contributed by atoms with E-state index >= 15 is 0 Å². The van der Waals surface area contributed by atoms with Gasteiger partial charge in [0.2, 0.25) is 10.0 Å². The van der Waals surface area contributed by atoms with Gasteiger partial charge in [-0.2, -0.15) is 4.31 Å². The topological polar surface area (TPSA) is 78.9 Å². The van der Waals surface area contributed by atoms with Crippen molar-refractivity contribution in [1.82, 2.24) is 14.3 Å². The molecule has 0 atom stereocenters. The highest BCUT2D eigenvalue weighted by atomic mass is 35.5. The Morgan fingerprint density at radius 1 is 0.875 bits per heavy atom. The normalized spacial score (nSPS) is 18.3. The van der Waals surface area contributed by atoms with Crippen LogP contribution in [0.4, 0.5) is 11.5 Å². The predicted molar refractivity (Wildman–Crippen MR) is 125 cm³/mol. The van der Waals surface area contributed by atoms with Gasteiger partial charge in [-0.1, -0.05) is 11.6 Å². The number of rotatable bonds is 4. The van der Waals surface area contributed by atoms with E-state index in [1.807, 2.05) is 30.5 Å². The van der Waals surface area contributed by atoms with E-state index in [1.165, 1.54) is 10.5 Å². The van der Waals surface area contributed by atoms with E-state index in [9.17, 15) is 8.42 Å². The van der Waals surface area contributed by atoms with Crippen LogP contribution >= 0.6 is 11.6 Å². The number of morpholine rings is 1. The van der Waals surface area contributed by atoms with Crippen LogP contribution in [0.2, 0.25) is 5.02 Å². The second kappa shape index (κ2) is 8.82. The first-order chi connectivity index (χ1) is 15.5. The number of hydrogen-bond acceptors (Lipinski definition) is 7. The molecule has 4 heterocycles. The summed E-state index contributed by atoms with van der Waals surface area (Å²) in [4.78, 5) is 13.6. The van der Waals surface area contributed by atoms with E-state index in [0.29, 0.717) is 31.3 Å². The van der Waals surface area contributed by atoms with Gasteiger partial charge in [-0.3, -0.25) is 4.98 Å². The summed E-state index contributed by atoms with van der Waals surface area (Å²) in [6, 6.07) is 11.3. The lowest BCUT2D eigenvalue weighted by Gasteiger charge is -2.37. The predicted octanol–water partition coefficient (Wildman–Crippen LogP) is 2.63. The van der Waals surface area contributed by atoms with E-state index in [0.717, 1.165) is 48.6 Å². The molecule has 0 spiro atoms.